The van der Waals surface area contributed by atoms with Crippen LogP contribution in [0.3, 0.4) is 0 Å². The van der Waals surface area contributed by atoms with Crippen LogP contribution in [0.5, 0.6) is 0 Å². The first kappa shape index (κ1) is 14.6. The van der Waals surface area contributed by atoms with E-state index in [0.717, 1.165) is 16.8 Å². The van der Waals surface area contributed by atoms with Crippen LogP contribution in [0.15, 0.2) is 18.2 Å². The monoisotopic (exact) mass is 249 g/mol. The van der Waals surface area contributed by atoms with E-state index in [-0.39, 0.29) is 0 Å². The Hall–Kier alpha value is -1.51. The van der Waals surface area contributed by atoms with Crippen LogP contribution in [0.1, 0.15) is 38.3 Å². The van der Waals surface area contributed by atoms with E-state index in [1.54, 1.807) is 6.92 Å². The van der Waals surface area contributed by atoms with Crippen LogP contribution in [0.25, 0.3) is 0 Å². The quantitative estimate of drug-likeness (QED) is 0.838. The van der Waals surface area contributed by atoms with E-state index in [4.69, 9.17) is 0 Å². The van der Waals surface area contributed by atoms with Gasteiger partial charge in [-0.2, -0.15) is 0 Å². The maximum absolute atomic E-state index is 11.5. The van der Waals surface area contributed by atoms with Gasteiger partial charge >= 0.3 is 5.97 Å². The molecule has 0 aromatic heterocycles. The second-order valence-electron chi connectivity index (χ2n) is 5.74. The summed E-state index contributed by atoms with van der Waals surface area (Å²) in [6.07, 6.45) is 0.593. The Balaban J connectivity index is 2.99. The molecule has 0 heterocycles. The van der Waals surface area contributed by atoms with Gasteiger partial charge in [-0.1, -0.05) is 19.9 Å². The molecule has 3 heteroatoms. The normalized spacial score (nSPS) is 14.3. The van der Waals surface area contributed by atoms with E-state index in [0.29, 0.717) is 12.3 Å². The zero-order chi connectivity index (χ0) is 13.9. The largest absolute Gasteiger partial charge is 0.480 e. The van der Waals surface area contributed by atoms with E-state index in [9.17, 15) is 9.90 Å². The van der Waals surface area contributed by atoms with Gasteiger partial charge in [0.25, 0.3) is 0 Å². The Bertz CT molecular complexity index is 420. The molecule has 0 radical (unpaired) electrons. The Morgan fingerprint density at radius 1 is 1.28 bits per heavy atom. The lowest BCUT2D eigenvalue weighted by Gasteiger charge is -2.29. The number of aryl methyl sites for hydroxylation is 2. The molecule has 1 atom stereocenters. The SMILES string of the molecule is Cc1cc(C)cc(NC(C)(CC(C)C)C(=O)O)c1. The van der Waals surface area contributed by atoms with Crippen molar-refractivity contribution in [2.75, 3.05) is 5.32 Å². The highest BCUT2D eigenvalue weighted by atomic mass is 16.4. The number of hydrogen-bond acceptors (Lipinski definition) is 2. The number of carbonyl (C=O) groups is 1. The number of rotatable bonds is 5. The Morgan fingerprint density at radius 3 is 2.17 bits per heavy atom. The van der Waals surface area contributed by atoms with Crippen molar-refractivity contribution in [2.45, 2.75) is 46.6 Å². The van der Waals surface area contributed by atoms with Crippen molar-refractivity contribution in [2.24, 2.45) is 5.92 Å². The van der Waals surface area contributed by atoms with E-state index >= 15 is 0 Å². The molecule has 0 spiro atoms. The van der Waals surface area contributed by atoms with Crippen LogP contribution in [0.2, 0.25) is 0 Å². The Labute approximate surface area is 109 Å². The molecule has 18 heavy (non-hydrogen) atoms. The average Bonchev–Trinajstić information content (AvgIpc) is 2.13. The summed E-state index contributed by atoms with van der Waals surface area (Å²) in [5, 5.41) is 12.6. The highest BCUT2D eigenvalue weighted by Gasteiger charge is 2.33. The lowest BCUT2D eigenvalue weighted by Crippen LogP contribution is -2.44. The minimum atomic E-state index is -0.922. The van der Waals surface area contributed by atoms with Crippen LogP contribution >= 0.6 is 0 Å². The number of carboxylic acids is 1. The Kier molecular flexibility index (Phi) is 4.38. The van der Waals surface area contributed by atoms with E-state index in [1.165, 1.54) is 0 Å². The molecule has 2 N–H and O–H groups in total. The maximum atomic E-state index is 11.5. The van der Waals surface area contributed by atoms with Gasteiger partial charge in [0.05, 0.1) is 0 Å². The van der Waals surface area contributed by atoms with Crippen LogP contribution < -0.4 is 5.32 Å². The topological polar surface area (TPSA) is 49.3 Å². The smallest absolute Gasteiger partial charge is 0.329 e. The lowest BCUT2D eigenvalue weighted by atomic mass is 9.90. The van der Waals surface area contributed by atoms with Crippen LogP contribution in [-0.4, -0.2) is 16.6 Å². The van der Waals surface area contributed by atoms with Crippen molar-refractivity contribution in [1.29, 1.82) is 0 Å². The minimum absolute atomic E-state index is 0.324. The lowest BCUT2D eigenvalue weighted by molar-refractivity contribution is -0.142. The molecule has 0 bridgehead atoms. The summed E-state index contributed by atoms with van der Waals surface area (Å²) in [5.41, 5.74) is 2.22. The van der Waals surface area contributed by atoms with Gasteiger partial charge in [-0.25, -0.2) is 4.79 Å². The summed E-state index contributed by atoms with van der Waals surface area (Å²) in [5.74, 6) is -0.486. The number of anilines is 1. The molecule has 0 aliphatic rings. The minimum Gasteiger partial charge on any atom is -0.480 e. The molecular formula is C15H23NO2. The molecule has 1 aromatic rings. The van der Waals surface area contributed by atoms with Gasteiger partial charge < -0.3 is 10.4 Å². The number of hydrogen-bond donors (Lipinski definition) is 2. The molecule has 3 nitrogen and oxygen atoms in total. The van der Waals surface area contributed by atoms with Crippen molar-refractivity contribution in [3.8, 4) is 0 Å². The molecule has 1 unspecified atom stereocenters. The van der Waals surface area contributed by atoms with Crippen LogP contribution in [0.4, 0.5) is 5.69 Å². The highest BCUT2D eigenvalue weighted by molar-refractivity contribution is 5.82. The summed E-state index contributed by atoms with van der Waals surface area (Å²) in [7, 11) is 0. The Morgan fingerprint density at radius 2 is 1.78 bits per heavy atom. The summed E-state index contributed by atoms with van der Waals surface area (Å²) in [6, 6.07) is 6.04. The molecule has 0 aliphatic heterocycles. The standard InChI is InChI=1S/C15H23NO2/c1-10(2)9-15(5,14(17)18)16-13-7-11(3)6-12(4)8-13/h6-8,10,16H,9H2,1-5H3,(H,17,18). The maximum Gasteiger partial charge on any atom is 0.329 e. The van der Waals surface area contributed by atoms with E-state index in [1.807, 2.05) is 39.8 Å². The summed E-state index contributed by atoms with van der Waals surface area (Å²) in [6.45, 7) is 9.83. The second-order valence-corrected chi connectivity index (χ2v) is 5.74. The zero-order valence-corrected chi connectivity index (χ0v) is 11.9. The summed E-state index contributed by atoms with van der Waals surface area (Å²) in [4.78, 5) is 11.5. The van der Waals surface area contributed by atoms with Crippen LogP contribution in [-0.2, 0) is 4.79 Å². The third-order valence-electron chi connectivity index (χ3n) is 2.93. The fourth-order valence-corrected chi connectivity index (χ4v) is 2.37. The molecule has 0 fully saturated rings. The molecular weight excluding hydrogens is 226 g/mol. The zero-order valence-electron chi connectivity index (χ0n) is 11.9. The first-order valence-electron chi connectivity index (χ1n) is 6.33. The van der Waals surface area contributed by atoms with Gasteiger partial charge in [-0.3, -0.25) is 0 Å². The van der Waals surface area contributed by atoms with E-state index in [2.05, 4.69) is 11.4 Å². The molecule has 100 valence electrons. The van der Waals surface area contributed by atoms with Gasteiger partial charge in [0, 0.05) is 5.69 Å². The van der Waals surface area contributed by atoms with Gasteiger partial charge in [-0.05, 0) is 56.4 Å². The number of benzene rings is 1. The van der Waals surface area contributed by atoms with Crippen molar-refractivity contribution >= 4 is 11.7 Å². The average molecular weight is 249 g/mol. The molecule has 0 saturated carbocycles. The van der Waals surface area contributed by atoms with Gasteiger partial charge in [-0.15, -0.1) is 0 Å². The second kappa shape index (κ2) is 5.42. The third-order valence-corrected chi connectivity index (χ3v) is 2.93. The molecule has 0 aliphatic carbocycles. The fourth-order valence-electron chi connectivity index (χ4n) is 2.37. The van der Waals surface area contributed by atoms with E-state index < -0.39 is 11.5 Å². The summed E-state index contributed by atoms with van der Waals surface area (Å²) < 4.78 is 0. The first-order valence-corrected chi connectivity index (χ1v) is 6.33. The number of nitrogens with one attached hydrogen (secondary N) is 1. The van der Waals surface area contributed by atoms with Crippen molar-refractivity contribution < 1.29 is 9.90 Å². The predicted molar refractivity (Wildman–Crippen MR) is 75.0 cm³/mol. The number of carboxylic acid groups (broad SMARTS) is 1. The van der Waals surface area contributed by atoms with Crippen molar-refractivity contribution in [3.63, 3.8) is 0 Å². The molecule has 0 saturated heterocycles. The molecule has 1 rings (SSSR count). The van der Waals surface area contributed by atoms with Crippen molar-refractivity contribution in [1.82, 2.24) is 0 Å². The fraction of sp³-hybridized carbons (Fsp3) is 0.533. The molecule has 0 amide bonds. The summed E-state index contributed by atoms with van der Waals surface area (Å²) >= 11 is 0. The van der Waals surface area contributed by atoms with Crippen LogP contribution in [0, 0.1) is 19.8 Å². The first-order chi connectivity index (χ1) is 8.23. The number of aliphatic carboxylic acids is 1. The van der Waals surface area contributed by atoms with Gasteiger partial charge in [0.15, 0.2) is 0 Å². The van der Waals surface area contributed by atoms with Gasteiger partial charge in [0.2, 0.25) is 0 Å². The highest BCUT2D eigenvalue weighted by Crippen LogP contribution is 2.24. The van der Waals surface area contributed by atoms with Gasteiger partial charge in [0.1, 0.15) is 5.54 Å². The third kappa shape index (κ3) is 3.76. The molecule has 1 aromatic carbocycles. The van der Waals surface area contributed by atoms with Crippen molar-refractivity contribution in [3.05, 3.63) is 29.3 Å². The predicted octanol–water partition coefficient (Wildman–Crippen LogP) is 3.60.